The summed E-state index contributed by atoms with van der Waals surface area (Å²) in [6.45, 7) is 6.58. The summed E-state index contributed by atoms with van der Waals surface area (Å²) in [4.78, 5) is 20.6. The largest absolute Gasteiger partial charge is 0.460 e. The van der Waals surface area contributed by atoms with Gasteiger partial charge in [0, 0.05) is 29.6 Å². The van der Waals surface area contributed by atoms with Crippen molar-refractivity contribution in [3.63, 3.8) is 0 Å². The lowest BCUT2D eigenvalue weighted by Gasteiger charge is -2.47. The molecule has 0 atom stereocenters. The van der Waals surface area contributed by atoms with E-state index in [-0.39, 0.29) is 18.2 Å². The summed E-state index contributed by atoms with van der Waals surface area (Å²) in [7, 11) is 1.69. The molecule has 1 fully saturated rings. The number of imidazole rings is 1. The summed E-state index contributed by atoms with van der Waals surface area (Å²) < 4.78 is 13.4. The monoisotopic (exact) mass is 519 g/mol. The lowest BCUT2D eigenvalue weighted by Crippen LogP contribution is -2.61. The minimum absolute atomic E-state index is 0.00914. The van der Waals surface area contributed by atoms with Crippen molar-refractivity contribution in [2.45, 2.75) is 32.0 Å². The number of rotatable bonds is 7. The molecule has 37 heavy (non-hydrogen) atoms. The lowest BCUT2D eigenvalue weighted by molar-refractivity contribution is -0.0171. The van der Waals surface area contributed by atoms with Gasteiger partial charge in [-0.15, -0.1) is 0 Å². The Hall–Kier alpha value is -3.78. The third kappa shape index (κ3) is 4.93. The molecule has 0 amide bonds. The summed E-state index contributed by atoms with van der Waals surface area (Å²) in [5.41, 5.74) is 1.49. The zero-order chi connectivity index (χ0) is 26.4. The number of anilines is 1. The number of nitrogens with zero attached hydrogens (tertiary/aromatic N) is 7. The second-order valence-corrected chi connectivity index (χ2v) is 10.3. The van der Waals surface area contributed by atoms with Crippen LogP contribution in [0.25, 0.3) is 28.2 Å². The van der Waals surface area contributed by atoms with Crippen molar-refractivity contribution in [1.82, 2.24) is 24.5 Å². The van der Waals surface area contributed by atoms with Crippen LogP contribution in [0.3, 0.4) is 0 Å². The highest BCUT2D eigenvalue weighted by Gasteiger charge is 2.41. The molecule has 5 rings (SSSR count). The van der Waals surface area contributed by atoms with E-state index < -0.39 is 5.60 Å². The third-order valence-corrected chi connectivity index (χ3v) is 6.34. The van der Waals surface area contributed by atoms with Crippen LogP contribution in [0.15, 0.2) is 42.6 Å². The van der Waals surface area contributed by atoms with Gasteiger partial charge < -0.3 is 19.5 Å². The van der Waals surface area contributed by atoms with Crippen molar-refractivity contribution >= 4 is 28.6 Å². The average molecular weight is 520 g/mol. The molecular weight excluding hydrogens is 494 g/mol. The Morgan fingerprint density at radius 1 is 1.14 bits per heavy atom. The van der Waals surface area contributed by atoms with Gasteiger partial charge in [-0.3, -0.25) is 4.57 Å². The van der Waals surface area contributed by atoms with Gasteiger partial charge in [-0.25, -0.2) is 9.97 Å². The van der Waals surface area contributed by atoms with Crippen molar-refractivity contribution in [1.29, 1.82) is 5.26 Å². The van der Waals surface area contributed by atoms with Gasteiger partial charge in [-0.1, -0.05) is 11.6 Å². The molecule has 10 nitrogen and oxygen atoms in total. The molecule has 3 aromatic heterocycles. The quantitative estimate of drug-likeness (QED) is 0.388. The zero-order valence-electron chi connectivity index (χ0n) is 20.9. The fourth-order valence-corrected chi connectivity index (χ4v) is 4.24. The van der Waals surface area contributed by atoms with Gasteiger partial charge in [0.2, 0.25) is 0 Å². The normalized spacial score (nSPS) is 14.9. The molecule has 1 aliphatic heterocycles. The number of halogens is 1. The van der Waals surface area contributed by atoms with Crippen LogP contribution in [0.1, 0.15) is 26.5 Å². The van der Waals surface area contributed by atoms with Crippen molar-refractivity contribution in [3.8, 4) is 29.2 Å². The van der Waals surface area contributed by atoms with E-state index in [1.807, 2.05) is 29.7 Å². The van der Waals surface area contributed by atoms with Crippen molar-refractivity contribution in [3.05, 3.63) is 53.3 Å². The van der Waals surface area contributed by atoms with Crippen molar-refractivity contribution < 1.29 is 14.6 Å². The van der Waals surface area contributed by atoms with Gasteiger partial charge in [-0.05, 0) is 57.2 Å². The molecule has 0 aliphatic carbocycles. The molecule has 4 heterocycles. The highest BCUT2D eigenvalue weighted by molar-refractivity contribution is 6.30. The molecule has 0 saturated carbocycles. The first-order valence-corrected chi connectivity index (χ1v) is 12.1. The van der Waals surface area contributed by atoms with Gasteiger partial charge in [0.1, 0.15) is 24.2 Å². The minimum Gasteiger partial charge on any atom is -0.460 e. The maximum Gasteiger partial charge on any atom is 0.320 e. The molecule has 0 bridgehead atoms. The van der Waals surface area contributed by atoms with E-state index in [0.29, 0.717) is 52.2 Å². The number of methoxy groups -OCH3 is 1. The Bertz CT molecular complexity index is 1480. The minimum atomic E-state index is -1.07. The Morgan fingerprint density at radius 3 is 2.46 bits per heavy atom. The molecule has 1 saturated heterocycles. The van der Waals surface area contributed by atoms with Crippen LogP contribution in [0.2, 0.25) is 5.02 Å². The standard InChI is InChI=1S/C26H26ClN7O3/c1-25(2,35)15-37-24-31-22(33-13-26(3,14-33)36-4)20-23(32-24)34(19-9-6-17(27)7-10-19)21(30-20)16-5-8-18(11-28)29-12-16/h5-10,12,35H,13-15H2,1-4H3. The van der Waals surface area contributed by atoms with Crippen molar-refractivity contribution in [2.24, 2.45) is 0 Å². The maximum atomic E-state index is 10.2. The number of ether oxygens (including phenoxy) is 2. The summed E-state index contributed by atoms with van der Waals surface area (Å²) in [5, 5.41) is 20.0. The molecule has 11 heteroatoms. The second-order valence-electron chi connectivity index (χ2n) is 9.90. The predicted octanol–water partition coefficient (Wildman–Crippen LogP) is 3.78. The van der Waals surface area contributed by atoms with Crippen LogP contribution in [0, 0.1) is 11.3 Å². The van der Waals surface area contributed by atoms with E-state index in [1.165, 1.54) is 0 Å². The maximum absolute atomic E-state index is 10.2. The van der Waals surface area contributed by atoms with E-state index in [1.54, 1.807) is 51.4 Å². The van der Waals surface area contributed by atoms with Gasteiger partial charge in [-0.2, -0.15) is 15.2 Å². The molecule has 1 aromatic carbocycles. The molecule has 1 aliphatic rings. The molecule has 0 unspecified atom stereocenters. The number of nitriles is 1. The summed E-state index contributed by atoms with van der Waals surface area (Å²) >= 11 is 6.17. The number of aromatic nitrogens is 5. The molecular formula is C26H26ClN7O3. The first-order valence-electron chi connectivity index (χ1n) is 11.7. The molecule has 0 spiro atoms. The third-order valence-electron chi connectivity index (χ3n) is 6.09. The second kappa shape index (κ2) is 9.27. The average Bonchev–Trinajstić information content (AvgIpc) is 3.24. The van der Waals surface area contributed by atoms with Crippen LogP contribution in [0.4, 0.5) is 5.82 Å². The Labute approximate surface area is 219 Å². The first-order chi connectivity index (χ1) is 17.6. The molecule has 1 N–H and O–H groups in total. The van der Waals surface area contributed by atoms with E-state index in [0.717, 1.165) is 5.69 Å². The predicted molar refractivity (Wildman–Crippen MR) is 139 cm³/mol. The molecule has 0 radical (unpaired) electrons. The first kappa shape index (κ1) is 24.9. The fraction of sp³-hybridized carbons (Fsp3) is 0.346. The highest BCUT2D eigenvalue weighted by atomic mass is 35.5. The number of pyridine rings is 1. The van der Waals surface area contributed by atoms with Gasteiger partial charge in [0.15, 0.2) is 17.0 Å². The Morgan fingerprint density at radius 2 is 1.86 bits per heavy atom. The van der Waals surface area contributed by atoms with Gasteiger partial charge in [0.05, 0.1) is 24.3 Å². The smallest absolute Gasteiger partial charge is 0.320 e. The van der Waals surface area contributed by atoms with Gasteiger partial charge >= 0.3 is 6.01 Å². The molecule has 190 valence electrons. The van der Waals surface area contributed by atoms with Crippen molar-refractivity contribution in [2.75, 3.05) is 31.7 Å². The highest BCUT2D eigenvalue weighted by Crippen LogP contribution is 2.37. The van der Waals surface area contributed by atoms with E-state index in [9.17, 15) is 10.4 Å². The Kier molecular flexibility index (Phi) is 6.23. The number of hydrogen-bond donors (Lipinski definition) is 1. The van der Waals surface area contributed by atoms with E-state index in [4.69, 9.17) is 31.0 Å². The Balaban J connectivity index is 1.74. The molecule has 4 aromatic rings. The topological polar surface area (TPSA) is 122 Å². The van der Waals surface area contributed by atoms with Crippen LogP contribution in [-0.2, 0) is 4.74 Å². The van der Waals surface area contributed by atoms with Crippen LogP contribution in [-0.4, -0.2) is 67.6 Å². The zero-order valence-corrected chi connectivity index (χ0v) is 21.7. The number of benzene rings is 1. The summed E-state index contributed by atoms with van der Waals surface area (Å²) in [5.74, 6) is 1.17. The number of fused-ring (bicyclic) bond motifs is 1. The van der Waals surface area contributed by atoms with E-state index >= 15 is 0 Å². The van der Waals surface area contributed by atoms with Crippen LogP contribution in [0.5, 0.6) is 6.01 Å². The number of aliphatic hydroxyl groups is 1. The van der Waals surface area contributed by atoms with Crippen LogP contribution < -0.4 is 9.64 Å². The SMILES string of the molecule is COC1(C)CN(c2nc(OCC(C)(C)O)nc3c2nc(-c2ccc(C#N)nc2)n3-c2ccc(Cl)cc2)C1. The summed E-state index contributed by atoms with van der Waals surface area (Å²) in [6, 6.07) is 12.9. The van der Waals surface area contributed by atoms with Crippen LogP contribution >= 0.6 is 11.6 Å². The fourth-order valence-electron chi connectivity index (χ4n) is 4.11. The number of hydrogen-bond acceptors (Lipinski definition) is 9. The lowest BCUT2D eigenvalue weighted by atomic mass is 9.96. The van der Waals surface area contributed by atoms with Gasteiger partial charge in [0.25, 0.3) is 0 Å². The summed E-state index contributed by atoms with van der Waals surface area (Å²) in [6.07, 6.45) is 1.61. The van der Waals surface area contributed by atoms with E-state index in [2.05, 4.69) is 14.9 Å².